The maximum absolute atomic E-state index is 12.3. The number of amides is 1. The standard InChI is InChI=1S/C20H16N4O2S/c25-18(13-16-5-3-11-27-16)22-17-6-2-1-4-15(17)12-19-23-20(24-26-19)14-7-9-21-10-8-14/h1-11H,12-13H2,(H,22,25). The minimum Gasteiger partial charge on any atom is -0.339 e. The summed E-state index contributed by atoms with van der Waals surface area (Å²) in [4.78, 5) is 21.8. The van der Waals surface area contributed by atoms with E-state index in [9.17, 15) is 4.79 Å². The lowest BCUT2D eigenvalue weighted by atomic mass is 10.1. The Labute approximate surface area is 159 Å². The van der Waals surface area contributed by atoms with Crippen molar-refractivity contribution in [3.63, 3.8) is 0 Å². The minimum absolute atomic E-state index is 0.0482. The molecule has 0 aliphatic carbocycles. The molecule has 0 saturated carbocycles. The molecule has 0 atom stereocenters. The third-order valence-corrected chi connectivity index (χ3v) is 4.83. The molecule has 0 fully saturated rings. The van der Waals surface area contributed by atoms with Gasteiger partial charge < -0.3 is 9.84 Å². The topological polar surface area (TPSA) is 80.9 Å². The second-order valence-corrected chi connectivity index (χ2v) is 6.92. The van der Waals surface area contributed by atoms with E-state index in [1.807, 2.05) is 53.9 Å². The van der Waals surface area contributed by atoms with Crippen molar-refractivity contribution in [2.24, 2.45) is 0 Å². The molecule has 0 bridgehead atoms. The molecule has 27 heavy (non-hydrogen) atoms. The van der Waals surface area contributed by atoms with Gasteiger partial charge in [-0.2, -0.15) is 4.98 Å². The van der Waals surface area contributed by atoms with Crippen molar-refractivity contribution in [2.75, 3.05) is 5.32 Å². The van der Waals surface area contributed by atoms with Crippen molar-refractivity contribution in [3.8, 4) is 11.4 Å². The van der Waals surface area contributed by atoms with Crippen LogP contribution in [0.15, 0.2) is 70.8 Å². The molecular weight excluding hydrogens is 360 g/mol. The Hall–Kier alpha value is -3.32. The van der Waals surface area contributed by atoms with Gasteiger partial charge in [0.2, 0.25) is 17.6 Å². The highest BCUT2D eigenvalue weighted by molar-refractivity contribution is 7.10. The fourth-order valence-electron chi connectivity index (χ4n) is 2.67. The first-order valence-electron chi connectivity index (χ1n) is 8.41. The van der Waals surface area contributed by atoms with Crippen molar-refractivity contribution in [3.05, 3.63) is 82.6 Å². The van der Waals surface area contributed by atoms with Crippen LogP contribution in [0.4, 0.5) is 5.69 Å². The molecule has 1 aromatic carbocycles. The lowest BCUT2D eigenvalue weighted by Gasteiger charge is -2.09. The Morgan fingerprint density at radius 3 is 2.74 bits per heavy atom. The lowest BCUT2D eigenvalue weighted by Crippen LogP contribution is -2.15. The van der Waals surface area contributed by atoms with E-state index in [-0.39, 0.29) is 5.91 Å². The summed E-state index contributed by atoms with van der Waals surface area (Å²) in [5.41, 5.74) is 2.52. The third kappa shape index (κ3) is 4.27. The molecule has 3 aromatic heterocycles. The van der Waals surface area contributed by atoms with Crippen LogP contribution in [0.1, 0.15) is 16.3 Å². The number of aromatic nitrogens is 3. The van der Waals surface area contributed by atoms with Gasteiger partial charge in [-0.25, -0.2) is 0 Å². The van der Waals surface area contributed by atoms with Gasteiger partial charge in [-0.3, -0.25) is 9.78 Å². The molecule has 0 unspecified atom stereocenters. The van der Waals surface area contributed by atoms with E-state index in [1.165, 1.54) is 0 Å². The molecule has 7 heteroatoms. The predicted molar refractivity (Wildman–Crippen MR) is 103 cm³/mol. The van der Waals surface area contributed by atoms with Crippen LogP contribution in [-0.4, -0.2) is 21.0 Å². The monoisotopic (exact) mass is 376 g/mol. The minimum atomic E-state index is -0.0482. The predicted octanol–water partition coefficient (Wildman–Crippen LogP) is 3.97. The zero-order valence-electron chi connectivity index (χ0n) is 14.3. The average molecular weight is 376 g/mol. The van der Waals surface area contributed by atoms with Gasteiger partial charge in [-0.05, 0) is 35.2 Å². The quantitative estimate of drug-likeness (QED) is 0.551. The van der Waals surface area contributed by atoms with Gasteiger partial charge in [-0.1, -0.05) is 29.4 Å². The van der Waals surface area contributed by atoms with Crippen LogP contribution in [0.25, 0.3) is 11.4 Å². The first-order valence-corrected chi connectivity index (χ1v) is 9.29. The van der Waals surface area contributed by atoms with E-state index in [0.29, 0.717) is 24.6 Å². The van der Waals surface area contributed by atoms with Crippen LogP contribution in [-0.2, 0) is 17.6 Å². The summed E-state index contributed by atoms with van der Waals surface area (Å²) in [7, 11) is 0. The number of hydrogen-bond acceptors (Lipinski definition) is 6. The molecule has 1 N–H and O–H groups in total. The number of rotatable bonds is 6. The molecular formula is C20H16N4O2S. The Morgan fingerprint density at radius 1 is 1.07 bits per heavy atom. The first-order chi connectivity index (χ1) is 13.3. The smallest absolute Gasteiger partial charge is 0.231 e. The van der Waals surface area contributed by atoms with Gasteiger partial charge in [0, 0.05) is 28.5 Å². The molecule has 4 aromatic rings. The number of benzene rings is 1. The Kier molecular flexibility index (Phi) is 5.02. The molecule has 0 spiro atoms. The molecule has 0 aliphatic rings. The number of anilines is 1. The third-order valence-electron chi connectivity index (χ3n) is 3.95. The molecule has 1 amide bonds. The molecule has 0 aliphatic heterocycles. The largest absolute Gasteiger partial charge is 0.339 e. The van der Waals surface area contributed by atoms with Gasteiger partial charge in [0.1, 0.15) is 0 Å². The Morgan fingerprint density at radius 2 is 1.93 bits per heavy atom. The van der Waals surface area contributed by atoms with Gasteiger partial charge in [0.05, 0.1) is 12.8 Å². The maximum atomic E-state index is 12.3. The number of hydrogen-bond donors (Lipinski definition) is 1. The number of carbonyl (C=O) groups excluding carboxylic acids is 1. The van der Waals surface area contributed by atoms with E-state index >= 15 is 0 Å². The number of para-hydroxylation sites is 1. The van der Waals surface area contributed by atoms with E-state index < -0.39 is 0 Å². The van der Waals surface area contributed by atoms with E-state index in [2.05, 4.69) is 20.4 Å². The molecule has 3 heterocycles. The van der Waals surface area contributed by atoms with Crippen molar-refractivity contribution in [1.82, 2.24) is 15.1 Å². The van der Waals surface area contributed by atoms with Crippen molar-refractivity contribution in [1.29, 1.82) is 0 Å². The van der Waals surface area contributed by atoms with Crippen LogP contribution in [0.5, 0.6) is 0 Å². The number of thiophene rings is 1. The molecule has 134 valence electrons. The maximum Gasteiger partial charge on any atom is 0.231 e. The first kappa shape index (κ1) is 17.1. The van der Waals surface area contributed by atoms with E-state index in [0.717, 1.165) is 21.7 Å². The zero-order chi connectivity index (χ0) is 18.5. The number of nitrogens with one attached hydrogen (secondary N) is 1. The second kappa shape index (κ2) is 7.92. The molecule has 0 saturated heterocycles. The average Bonchev–Trinajstić information content (AvgIpc) is 3.36. The summed E-state index contributed by atoms with van der Waals surface area (Å²) in [6.45, 7) is 0. The van der Waals surface area contributed by atoms with Crippen molar-refractivity contribution in [2.45, 2.75) is 12.8 Å². The SMILES string of the molecule is O=C(Cc1cccs1)Nc1ccccc1Cc1nc(-c2ccncc2)no1. The van der Waals surface area contributed by atoms with Gasteiger partial charge in [-0.15, -0.1) is 11.3 Å². The summed E-state index contributed by atoms with van der Waals surface area (Å²) in [5.74, 6) is 0.960. The van der Waals surface area contributed by atoms with Crippen LogP contribution < -0.4 is 5.32 Å². The Bertz CT molecular complexity index is 1030. The van der Waals surface area contributed by atoms with Gasteiger partial charge >= 0.3 is 0 Å². The fraction of sp³-hybridized carbons (Fsp3) is 0.100. The highest BCUT2D eigenvalue weighted by Crippen LogP contribution is 2.21. The van der Waals surface area contributed by atoms with Crippen LogP contribution in [0.3, 0.4) is 0 Å². The van der Waals surface area contributed by atoms with Gasteiger partial charge in [0.25, 0.3) is 0 Å². The number of pyridine rings is 1. The summed E-state index contributed by atoms with van der Waals surface area (Å²) >= 11 is 1.57. The van der Waals surface area contributed by atoms with Crippen LogP contribution in [0.2, 0.25) is 0 Å². The van der Waals surface area contributed by atoms with E-state index in [4.69, 9.17) is 4.52 Å². The summed E-state index contributed by atoms with van der Waals surface area (Å²) in [6, 6.07) is 15.2. The van der Waals surface area contributed by atoms with Crippen molar-refractivity contribution < 1.29 is 9.32 Å². The Balaban J connectivity index is 1.48. The van der Waals surface area contributed by atoms with Crippen LogP contribution in [0, 0.1) is 0 Å². The zero-order valence-corrected chi connectivity index (χ0v) is 15.1. The lowest BCUT2D eigenvalue weighted by molar-refractivity contribution is -0.115. The molecule has 0 radical (unpaired) electrons. The fourth-order valence-corrected chi connectivity index (χ4v) is 3.37. The van der Waals surface area contributed by atoms with Gasteiger partial charge in [0.15, 0.2) is 0 Å². The number of carbonyl (C=O) groups is 1. The molecule has 4 rings (SSSR count). The highest BCUT2D eigenvalue weighted by atomic mass is 32.1. The summed E-state index contributed by atoms with van der Waals surface area (Å²) < 4.78 is 5.38. The second-order valence-electron chi connectivity index (χ2n) is 5.89. The summed E-state index contributed by atoms with van der Waals surface area (Å²) in [5, 5.41) is 8.97. The van der Waals surface area contributed by atoms with Crippen LogP contribution >= 0.6 is 11.3 Å². The molecule has 6 nitrogen and oxygen atoms in total. The van der Waals surface area contributed by atoms with E-state index in [1.54, 1.807) is 23.7 Å². The van der Waals surface area contributed by atoms with Crippen molar-refractivity contribution >= 4 is 22.9 Å². The number of nitrogens with zero attached hydrogens (tertiary/aromatic N) is 3. The summed E-state index contributed by atoms with van der Waals surface area (Å²) in [6.07, 6.45) is 4.17. The highest BCUT2D eigenvalue weighted by Gasteiger charge is 2.13. The normalized spacial score (nSPS) is 10.7.